The number of ether oxygens (including phenoxy) is 2. The fourth-order valence-electron chi connectivity index (χ4n) is 4.51. The minimum absolute atomic E-state index is 0.0782. The quantitative estimate of drug-likeness (QED) is 0.701. The molecule has 0 aromatic heterocycles. The number of carbonyl (C=O) groups excluding carboxylic acids is 1. The van der Waals surface area contributed by atoms with E-state index in [4.69, 9.17) is 21.1 Å². The molecule has 1 saturated carbocycles. The second-order valence-electron chi connectivity index (χ2n) is 8.28. The predicted octanol–water partition coefficient (Wildman–Crippen LogP) is 4.11. The number of likely N-dealkylation sites (tertiary alicyclic amines) is 1. The van der Waals surface area contributed by atoms with E-state index in [1.807, 2.05) is 42.5 Å². The highest BCUT2D eigenvalue weighted by Gasteiger charge is 2.41. The van der Waals surface area contributed by atoms with Crippen LogP contribution in [0.5, 0.6) is 11.5 Å². The Balaban J connectivity index is 1.30. The fraction of sp³-hybridized carbons (Fsp3) is 0.458. The molecule has 2 fully saturated rings. The number of halogens is 1. The number of anilines is 1. The molecule has 1 heterocycles. The number of hydrogen-bond acceptors (Lipinski definition) is 5. The molecule has 2 aromatic rings. The molecule has 0 bridgehead atoms. The van der Waals surface area contributed by atoms with Gasteiger partial charge in [0.15, 0.2) is 0 Å². The second kappa shape index (κ2) is 9.90. The molecule has 31 heavy (non-hydrogen) atoms. The summed E-state index contributed by atoms with van der Waals surface area (Å²) in [4.78, 5) is 13.8. The molecule has 2 N–H and O–H groups in total. The highest BCUT2D eigenvalue weighted by molar-refractivity contribution is 6.30. The first kappa shape index (κ1) is 21.9. The van der Waals surface area contributed by atoms with E-state index in [2.05, 4.69) is 10.2 Å². The number of aliphatic hydroxyl groups excluding tert-OH is 1. The van der Waals surface area contributed by atoms with E-state index in [1.54, 1.807) is 6.07 Å². The largest absolute Gasteiger partial charge is 0.490 e. The Morgan fingerprint density at radius 1 is 1.03 bits per heavy atom. The number of amides is 1. The number of aliphatic hydroxyl groups is 1. The zero-order valence-electron chi connectivity index (χ0n) is 17.7. The first-order chi connectivity index (χ1) is 15.0. The minimum atomic E-state index is -0.570. The maximum Gasteiger partial charge on any atom is 0.221 e. The molecule has 1 saturated heterocycles. The molecule has 0 radical (unpaired) electrons. The summed E-state index contributed by atoms with van der Waals surface area (Å²) in [5.41, 5.74) is 0.630. The molecule has 0 spiro atoms. The van der Waals surface area contributed by atoms with Gasteiger partial charge in [-0.1, -0.05) is 23.7 Å². The normalized spacial score (nSPS) is 24.7. The Morgan fingerprint density at radius 2 is 1.74 bits per heavy atom. The standard InChI is InChI=1S/C24H29ClN2O4/c1-16(28)26-20-4-2-3-5-22(20)31-23-11-10-21(24(23)29)27-14-12-19(13-15-27)30-18-8-6-17(25)7-9-18/h2-9,19,21,23-24,29H,10-15H2,1H3,(H,26,28)/t21-,23+,24+/m1/s1. The number of hydrogen-bond donors (Lipinski definition) is 2. The lowest BCUT2D eigenvalue weighted by Gasteiger charge is -2.37. The van der Waals surface area contributed by atoms with E-state index >= 15 is 0 Å². The second-order valence-corrected chi connectivity index (χ2v) is 8.71. The van der Waals surface area contributed by atoms with Crippen LogP contribution in [-0.4, -0.2) is 53.4 Å². The summed E-state index contributed by atoms with van der Waals surface area (Å²) in [6.45, 7) is 3.24. The van der Waals surface area contributed by atoms with Gasteiger partial charge < -0.3 is 19.9 Å². The molecule has 1 aliphatic heterocycles. The summed E-state index contributed by atoms with van der Waals surface area (Å²) < 4.78 is 12.2. The van der Waals surface area contributed by atoms with E-state index in [0.29, 0.717) is 16.5 Å². The number of benzene rings is 2. The third-order valence-corrected chi connectivity index (χ3v) is 6.31. The summed E-state index contributed by atoms with van der Waals surface area (Å²) in [5, 5.41) is 14.5. The fourth-order valence-corrected chi connectivity index (χ4v) is 4.63. The third-order valence-electron chi connectivity index (χ3n) is 6.06. The average molecular weight is 445 g/mol. The lowest BCUT2D eigenvalue weighted by Crippen LogP contribution is -2.49. The van der Waals surface area contributed by atoms with Crippen LogP contribution in [0.15, 0.2) is 48.5 Å². The van der Waals surface area contributed by atoms with Gasteiger partial charge in [0.1, 0.15) is 29.8 Å². The van der Waals surface area contributed by atoms with Crippen LogP contribution in [0.1, 0.15) is 32.6 Å². The summed E-state index contributed by atoms with van der Waals surface area (Å²) in [6, 6.07) is 14.9. The van der Waals surface area contributed by atoms with Gasteiger partial charge >= 0.3 is 0 Å². The molecule has 6 nitrogen and oxygen atoms in total. The molecule has 7 heteroatoms. The van der Waals surface area contributed by atoms with Gasteiger partial charge in [-0.3, -0.25) is 9.69 Å². The van der Waals surface area contributed by atoms with Gasteiger partial charge in [0.25, 0.3) is 0 Å². The predicted molar refractivity (Wildman–Crippen MR) is 121 cm³/mol. The van der Waals surface area contributed by atoms with Crippen molar-refractivity contribution < 1.29 is 19.4 Å². The summed E-state index contributed by atoms with van der Waals surface area (Å²) in [6.07, 6.45) is 2.82. The minimum Gasteiger partial charge on any atom is -0.490 e. The highest BCUT2D eigenvalue weighted by Crippen LogP contribution is 2.33. The van der Waals surface area contributed by atoms with Crippen molar-refractivity contribution >= 4 is 23.2 Å². The Labute approximate surface area is 188 Å². The third kappa shape index (κ3) is 5.50. The summed E-state index contributed by atoms with van der Waals surface area (Å²) in [7, 11) is 0. The van der Waals surface area contributed by atoms with Crippen LogP contribution < -0.4 is 14.8 Å². The molecule has 0 unspecified atom stereocenters. The van der Waals surface area contributed by atoms with Crippen molar-refractivity contribution in [3.05, 3.63) is 53.6 Å². The Hall–Kier alpha value is -2.28. The maximum atomic E-state index is 11.4. The van der Waals surface area contributed by atoms with Crippen molar-refractivity contribution in [2.24, 2.45) is 0 Å². The van der Waals surface area contributed by atoms with E-state index in [-0.39, 0.29) is 24.2 Å². The van der Waals surface area contributed by atoms with Crippen molar-refractivity contribution in [3.8, 4) is 11.5 Å². The van der Waals surface area contributed by atoms with Crippen molar-refractivity contribution in [3.63, 3.8) is 0 Å². The molecule has 3 atom stereocenters. The number of carbonyl (C=O) groups is 1. The van der Waals surface area contributed by atoms with Crippen LogP contribution in [0, 0.1) is 0 Å². The molecule has 2 aliphatic rings. The zero-order valence-corrected chi connectivity index (χ0v) is 18.4. The van der Waals surface area contributed by atoms with Crippen molar-refractivity contribution in [2.75, 3.05) is 18.4 Å². The number of piperidine rings is 1. The zero-order chi connectivity index (χ0) is 21.8. The highest BCUT2D eigenvalue weighted by atomic mass is 35.5. The first-order valence-corrected chi connectivity index (χ1v) is 11.2. The van der Waals surface area contributed by atoms with Gasteiger partial charge in [0.2, 0.25) is 5.91 Å². The summed E-state index contributed by atoms with van der Waals surface area (Å²) in [5.74, 6) is 1.29. The average Bonchev–Trinajstić information content (AvgIpc) is 3.11. The number of nitrogens with one attached hydrogen (secondary N) is 1. The van der Waals surface area contributed by atoms with E-state index < -0.39 is 6.10 Å². The topological polar surface area (TPSA) is 71.0 Å². The molecular formula is C24H29ClN2O4. The van der Waals surface area contributed by atoms with Gasteiger partial charge in [-0.05, 0) is 62.1 Å². The van der Waals surface area contributed by atoms with Crippen LogP contribution in [0.25, 0.3) is 0 Å². The molecule has 2 aromatic carbocycles. The lowest BCUT2D eigenvalue weighted by molar-refractivity contribution is -0.114. The van der Waals surface area contributed by atoms with Gasteiger partial charge in [-0.15, -0.1) is 0 Å². The van der Waals surface area contributed by atoms with E-state index in [0.717, 1.165) is 44.5 Å². The molecule has 4 rings (SSSR count). The molecule has 1 aliphatic carbocycles. The van der Waals surface area contributed by atoms with Crippen LogP contribution in [-0.2, 0) is 4.79 Å². The van der Waals surface area contributed by atoms with E-state index in [1.165, 1.54) is 6.92 Å². The Morgan fingerprint density at radius 3 is 2.45 bits per heavy atom. The molecule has 166 valence electrons. The monoisotopic (exact) mass is 444 g/mol. The van der Waals surface area contributed by atoms with Gasteiger partial charge in [-0.25, -0.2) is 0 Å². The first-order valence-electron chi connectivity index (χ1n) is 10.9. The van der Waals surface area contributed by atoms with Crippen molar-refractivity contribution in [1.82, 2.24) is 4.90 Å². The molecular weight excluding hydrogens is 416 g/mol. The van der Waals surface area contributed by atoms with Crippen LogP contribution in [0.4, 0.5) is 5.69 Å². The van der Waals surface area contributed by atoms with Gasteiger partial charge in [-0.2, -0.15) is 0 Å². The Kier molecular flexibility index (Phi) is 7.00. The number of para-hydroxylation sites is 2. The smallest absolute Gasteiger partial charge is 0.221 e. The van der Waals surface area contributed by atoms with Crippen LogP contribution in [0.3, 0.4) is 0 Å². The van der Waals surface area contributed by atoms with Crippen LogP contribution >= 0.6 is 11.6 Å². The number of nitrogens with zero attached hydrogens (tertiary/aromatic N) is 1. The number of rotatable bonds is 6. The lowest BCUT2D eigenvalue weighted by atomic mass is 10.0. The summed E-state index contributed by atoms with van der Waals surface area (Å²) >= 11 is 5.94. The van der Waals surface area contributed by atoms with Crippen LogP contribution in [0.2, 0.25) is 5.02 Å². The van der Waals surface area contributed by atoms with E-state index in [9.17, 15) is 9.90 Å². The van der Waals surface area contributed by atoms with Crippen molar-refractivity contribution in [1.29, 1.82) is 0 Å². The Bertz CT molecular complexity index is 883. The molecule has 1 amide bonds. The van der Waals surface area contributed by atoms with Gasteiger partial charge in [0.05, 0.1) is 5.69 Å². The SMILES string of the molecule is CC(=O)Nc1ccccc1O[C@H]1CC[C@@H](N2CCC(Oc3ccc(Cl)cc3)CC2)[C@@H]1O. The van der Waals surface area contributed by atoms with Gasteiger partial charge in [0, 0.05) is 31.1 Å². The van der Waals surface area contributed by atoms with Crippen molar-refractivity contribution in [2.45, 2.75) is 57.0 Å². The maximum absolute atomic E-state index is 11.4.